The maximum atomic E-state index is 12.3. The monoisotopic (exact) mass is 878 g/mol. The average Bonchev–Trinajstić information content (AvgIpc) is 3.16. The summed E-state index contributed by atoms with van der Waals surface area (Å²) in [6, 6.07) is 22.9. The van der Waals surface area contributed by atoms with Crippen LogP contribution in [-0.2, 0) is 33.1 Å². The van der Waals surface area contributed by atoms with Crippen LogP contribution in [0.1, 0.15) is 141 Å². The zero-order valence-corrected chi connectivity index (χ0v) is 38.8. The van der Waals surface area contributed by atoms with Gasteiger partial charge in [-0.15, -0.1) is 0 Å². The fraction of sp³-hybridized carbons (Fsp3) is 0.478. The van der Waals surface area contributed by atoms with Gasteiger partial charge in [-0.05, 0) is 79.3 Å². The summed E-state index contributed by atoms with van der Waals surface area (Å²) in [6.07, 6.45) is 23.0. The first kappa shape index (κ1) is 52.3. The maximum Gasteiger partial charge on any atom is 2.00 e. The van der Waals surface area contributed by atoms with E-state index >= 15 is 0 Å². The molecule has 4 aromatic carbocycles. The van der Waals surface area contributed by atoms with Gasteiger partial charge in [0.2, 0.25) is 0 Å². The molecule has 10 nitrogen and oxygen atoms in total. The number of aromatic hydroxyl groups is 1. The van der Waals surface area contributed by atoms with Crippen molar-refractivity contribution >= 4 is 58.0 Å². The van der Waals surface area contributed by atoms with E-state index in [-0.39, 0.29) is 49.2 Å². The fourth-order valence-electron chi connectivity index (χ4n) is 6.73. The molecule has 0 radical (unpaired) electrons. The zero-order valence-electron chi connectivity index (χ0n) is 34.9. The van der Waals surface area contributed by atoms with E-state index in [1.165, 1.54) is 102 Å². The molecule has 0 aliphatic heterocycles. The van der Waals surface area contributed by atoms with E-state index in [4.69, 9.17) is 9.47 Å². The van der Waals surface area contributed by atoms with Crippen LogP contribution < -0.4 is 14.6 Å². The Morgan fingerprint density at radius 3 is 1.25 bits per heavy atom. The van der Waals surface area contributed by atoms with Crippen LogP contribution in [0.25, 0.3) is 0 Å². The van der Waals surface area contributed by atoms with Gasteiger partial charge >= 0.3 is 47.9 Å². The first-order valence-corrected chi connectivity index (χ1v) is 23.8. The van der Waals surface area contributed by atoms with Gasteiger partial charge < -0.3 is 24.2 Å². The molecule has 4 rings (SSSR count). The molecular weight excluding hydrogens is 817 g/mol. The van der Waals surface area contributed by atoms with E-state index in [1.807, 2.05) is 6.07 Å². The van der Waals surface area contributed by atoms with Crippen LogP contribution in [-0.4, -0.2) is 68.8 Å². The summed E-state index contributed by atoms with van der Waals surface area (Å²) in [5.41, 5.74) is 1.47. The molecule has 0 aliphatic rings. The Kier molecular flexibility index (Phi) is 25.4. The van der Waals surface area contributed by atoms with Crippen molar-refractivity contribution < 1.29 is 45.6 Å². The number of hydrogen-bond acceptors (Lipinski definition) is 9. The van der Waals surface area contributed by atoms with Crippen molar-refractivity contribution in [3.63, 3.8) is 0 Å². The Morgan fingerprint density at radius 2 is 0.881 bits per heavy atom. The second-order valence-corrected chi connectivity index (χ2v) is 17.5. The Bertz CT molecular complexity index is 1850. The Balaban J connectivity index is 0.000000400. The third-order valence-electron chi connectivity index (χ3n) is 9.76. The zero-order chi connectivity index (χ0) is 42.2. The van der Waals surface area contributed by atoms with Gasteiger partial charge in [0.15, 0.2) is 10.6 Å². The van der Waals surface area contributed by atoms with Crippen LogP contribution in [0, 0.1) is 0 Å². The number of ether oxygens (including phenoxy) is 2. The SMILES string of the molecule is CCCCCCCCCCCc1cc(O)c(S(=O)(=O)O)c(Oc2ccccc2)c1.CCCCCCCCCCCc1cc([O-])c(S(=O)(=O)[O-])c(Oc2ccccc2)c1.[Ca+2]. The van der Waals surface area contributed by atoms with Crippen LogP contribution in [0.5, 0.6) is 34.5 Å². The number of phenolic OH excluding ortho intramolecular Hbond substituents is 1. The molecule has 0 spiro atoms. The third kappa shape index (κ3) is 20.5. The molecule has 0 atom stereocenters. The molecule has 0 aliphatic carbocycles. The van der Waals surface area contributed by atoms with Crippen molar-refractivity contribution in [1.82, 2.24) is 0 Å². The van der Waals surface area contributed by atoms with E-state index in [0.717, 1.165) is 37.7 Å². The van der Waals surface area contributed by atoms with Gasteiger partial charge in [-0.2, -0.15) is 8.42 Å². The van der Waals surface area contributed by atoms with Crippen LogP contribution in [0.3, 0.4) is 0 Å². The first-order chi connectivity index (χ1) is 27.8. The molecule has 0 saturated carbocycles. The number of rotatable bonds is 26. The van der Waals surface area contributed by atoms with Gasteiger partial charge in [-0.1, -0.05) is 165 Å². The second kappa shape index (κ2) is 28.6. The molecule has 59 heavy (non-hydrogen) atoms. The molecule has 0 saturated heterocycles. The van der Waals surface area contributed by atoms with Crippen molar-refractivity contribution in [2.45, 2.75) is 152 Å². The standard InChI is InChI=1S/2C23H32O5S.Ca/c2*1-2-3-4-5-6-7-8-9-11-14-19-17-21(24)23(29(25,26)27)22(18-19)28-20-15-12-10-13-16-20;/h2*10,12-13,15-18,24H,2-9,11,14H2,1H3,(H,25,26,27);/q;;+2/p-2. The molecule has 0 heterocycles. The molecule has 2 N–H and O–H groups in total. The van der Waals surface area contributed by atoms with Crippen molar-refractivity contribution in [2.24, 2.45) is 0 Å². The van der Waals surface area contributed by atoms with Gasteiger partial charge in [0.05, 0.1) is 4.90 Å². The fourth-order valence-corrected chi connectivity index (χ4v) is 8.06. The summed E-state index contributed by atoms with van der Waals surface area (Å²) < 4.78 is 78.9. The molecule has 0 bridgehead atoms. The second-order valence-electron chi connectivity index (χ2n) is 14.8. The molecule has 320 valence electrons. The summed E-state index contributed by atoms with van der Waals surface area (Å²) >= 11 is 0. The summed E-state index contributed by atoms with van der Waals surface area (Å²) in [6.45, 7) is 4.43. The van der Waals surface area contributed by atoms with Crippen LogP contribution in [0.2, 0.25) is 0 Å². The van der Waals surface area contributed by atoms with Crippen molar-refractivity contribution in [1.29, 1.82) is 0 Å². The van der Waals surface area contributed by atoms with E-state index in [2.05, 4.69) is 13.8 Å². The Hall–Kier alpha value is -2.84. The van der Waals surface area contributed by atoms with Crippen LogP contribution in [0.15, 0.2) is 94.7 Å². The molecule has 4 aromatic rings. The normalized spacial score (nSPS) is 11.3. The topological polar surface area (TPSA) is 173 Å². The molecular formula is C46H62CaO10S2. The number of benzene rings is 4. The van der Waals surface area contributed by atoms with Crippen molar-refractivity contribution in [3.8, 4) is 34.5 Å². The first-order valence-electron chi connectivity index (χ1n) is 20.9. The molecule has 0 aromatic heterocycles. The average molecular weight is 879 g/mol. The van der Waals surface area contributed by atoms with Gasteiger partial charge in [0.1, 0.15) is 33.1 Å². The maximum absolute atomic E-state index is 12.3. The Morgan fingerprint density at radius 1 is 0.525 bits per heavy atom. The quantitative estimate of drug-likeness (QED) is 0.0351. The van der Waals surface area contributed by atoms with Crippen molar-refractivity contribution in [3.05, 3.63) is 96.1 Å². The van der Waals surface area contributed by atoms with Gasteiger partial charge in [-0.25, -0.2) is 8.42 Å². The summed E-state index contributed by atoms with van der Waals surface area (Å²) in [5, 5.41) is 22.5. The summed E-state index contributed by atoms with van der Waals surface area (Å²) in [4.78, 5) is -1.42. The molecule has 0 amide bonds. The molecule has 13 heteroatoms. The van der Waals surface area contributed by atoms with Gasteiger partial charge in [-0.3, -0.25) is 4.55 Å². The predicted octanol–water partition coefficient (Wildman–Crippen LogP) is 11.7. The minimum absolute atomic E-state index is 0. The van der Waals surface area contributed by atoms with Crippen LogP contribution >= 0.6 is 0 Å². The number of phenols is 1. The van der Waals surface area contributed by atoms with E-state index < -0.39 is 41.5 Å². The number of para-hydroxylation sites is 2. The minimum atomic E-state index is -4.93. The Labute approximate surface area is 383 Å². The van der Waals surface area contributed by atoms with Gasteiger partial charge in [0, 0.05) is 0 Å². The van der Waals surface area contributed by atoms with E-state index in [0.29, 0.717) is 29.9 Å². The minimum Gasteiger partial charge on any atom is -0.872 e. The largest absolute Gasteiger partial charge is 2.00 e. The number of hydrogen-bond donors (Lipinski definition) is 2. The number of aryl methyl sites for hydroxylation is 2. The smallest absolute Gasteiger partial charge is 0.872 e. The molecule has 0 fully saturated rings. The van der Waals surface area contributed by atoms with Crippen LogP contribution in [0.4, 0.5) is 0 Å². The van der Waals surface area contributed by atoms with Crippen molar-refractivity contribution in [2.75, 3.05) is 0 Å². The van der Waals surface area contributed by atoms with Gasteiger partial charge in [0.25, 0.3) is 0 Å². The van der Waals surface area contributed by atoms with E-state index in [1.54, 1.807) is 60.7 Å². The third-order valence-corrected chi connectivity index (χ3v) is 11.6. The molecule has 0 unspecified atom stereocenters. The predicted molar refractivity (Wildman–Crippen MR) is 232 cm³/mol. The number of unbranched alkanes of at least 4 members (excludes halogenated alkanes) is 16. The summed E-state index contributed by atoms with van der Waals surface area (Å²) in [5.74, 6) is -0.755. The summed E-state index contributed by atoms with van der Waals surface area (Å²) in [7, 11) is -9.55. The van der Waals surface area contributed by atoms with E-state index in [9.17, 15) is 36.2 Å².